The van der Waals surface area contributed by atoms with E-state index < -0.39 is 0 Å². The fourth-order valence-electron chi connectivity index (χ4n) is 1.88. The molecule has 2 amide bonds. The van der Waals surface area contributed by atoms with Gasteiger partial charge in [0.1, 0.15) is 5.69 Å². The van der Waals surface area contributed by atoms with Crippen LogP contribution in [0.3, 0.4) is 0 Å². The van der Waals surface area contributed by atoms with E-state index in [0.717, 1.165) is 12.8 Å². The molecule has 0 radical (unpaired) electrons. The minimum Gasteiger partial charge on any atom is -0.326 e. The smallest absolute Gasteiger partial charge is 0.275 e. The van der Waals surface area contributed by atoms with Crippen LogP contribution in [0, 0.1) is 5.92 Å². The summed E-state index contributed by atoms with van der Waals surface area (Å²) in [5.41, 5.74) is 1.51. The summed E-state index contributed by atoms with van der Waals surface area (Å²) in [6, 6.07) is 7.03. The van der Waals surface area contributed by atoms with Crippen LogP contribution in [-0.2, 0) is 4.79 Å². The Morgan fingerprint density at radius 2 is 1.86 bits per heavy atom. The molecule has 6 nitrogen and oxygen atoms in total. The number of rotatable bonds is 4. The summed E-state index contributed by atoms with van der Waals surface area (Å²) in [5.74, 6) is -0.163. The maximum absolute atomic E-state index is 12.0. The fraction of sp³-hybridized carbons (Fsp3) is 0.200. The maximum atomic E-state index is 12.0. The van der Waals surface area contributed by atoms with Crippen LogP contribution in [0.5, 0.6) is 0 Å². The highest BCUT2D eigenvalue weighted by Gasteiger charge is 2.29. The van der Waals surface area contributed by atoms with Crippen LogP contribution in [0.25, 0.3) is 0 Å². The lowest BCUT2D eigenvalue weighted by molar-refractivity contribution is -0.117. The summed E-state index contributed by atoms with van der Waals surface area (Å²) in [5, 5.41) is 5.56. The van der Waals surface area contributed by atoms with Crippen molar-refractivity contribution in [1.82, 2.24) is 9.97 Å². The largest absolute Gasteiger partial charge is 0.326 e. The Morgan fingerprint density at radius 1 is 1.10 bits per heavy atom. The third kappa shape index (κ3) is 3.42. The van der Waals surface area contributed by atoms with Gasteiger partial charge in [-0.15, -0.1) is 0 Å². The van der Waals surface area contributed by atoms with Crippen LogP contribution >= 0.6 is 0 Å². The molecule has 0 bridgehead atoms. The Kier molecular flexibility index (Phi) is 3.59. The van der Waals surface area contributed by atoms with Gasteiger partial charge in [-0.05, 0) is 31.0 Å². The van der Waals surface area contributed by atoms with E-state index in [9.17, 15) is 9.59 Å². The second kappa shape index (κ2) is 5.70. The molecular weight excluding hydrogens is 268 g/mol. The van der Waals surface area contributed by atoms with Crippen molar-refractivity contribution in [2.24, 2.45) is 5.92 Å². The second-order valence-corrected chi connectivity index (χ2v) is 4.89. The van der Waals surface area contributed by atoms with Crippen LogP contribution in [0.2, 0.25) is 0 Å². The van der Waals surface area contributed by atoms with Gasteiger partial charge in [0.15, 0.2) is 0 Å². The average Bonchev–Trinajstić information content (AvgIpc) is 3.33. The van der Waals surface area contributed by atoms with Crippen molar-refractivity contribution in [1.29, 1.82) is 0 Å². The van der Waals surface area contributed by atoms with Crippen molar-refractivity contribution in [3.63, 3.8) is 0 Å². The zero-order chi connectivity index (χ0) is 14.7. The lowest BCUT2D eigenvalue weighted by Gasteiger charge is -2.08. The number of hydrogen-bond acceptors (Lipinski definition) is 4. The second-order valence-electron chi connectivity index (χ2n) is 4.89. The first kappa shape index (κ1) is 13.2. The summed E-state index contributed by atoms with van der Waals surface area (Å²) in [7, 11) is 0. The van der Waals surface area contributed by atoms with Gasteiger partial charge in [0, 0.05) is 29.7 Å². The predicted octanol–water partition coefficient (Wildman–Crippen LogP) is 2.08. The molecule has 0 aliphatic heterocycles. The molecule has 1 aromatic heterocycles. The summed E-state index contributed by atoms with van der Waals surface area (Å²) >= 11 is 0. The third-order valence-electron chi connectivity index (χ3n) is 3.13. The Hall–Kier alpha value is -2.76. The molecule has 2 aromatic rings. The molecule has 1 heterocycles. The number of benzene rings is 1. The highest BCUT2D eigenvalue weighted by molar-refractivity contribution is 6.03. The summed E-state index contributed by atoms with van der Waals surface area (Å²) < 4.78 is 0. The maximum Gasteiger partial charge on any atom is 0.275 e. The topological polar surface area (TPSA) is 84.0 Å². The lowest BCUT2D eigenvalue weighted by Crippen LogP contribution is -2.15. The van der Waals surface area contributed by atoms with E-state index in [0.29, 0.717) is 11.4 Å². The first-order chi connectivity index (χ1) is 10.2. The number of carbonyl (C=O) groups is 2. The van der Waals surface area contributed by atoms with Gasteiger partial charge >= 0.3 is 0 Å². The summed E-state index contributed by atoms with van der Waals surface area (Å²) in [6.07, 6.45) is 6.27. The van der Waals surface area contributed by atoms with Gasteiger partial charge in [-0.1, -0.05) is 6.07 Å². The van der Waals surface area contributed by atoms with Gasteiger partial charge in [0.05, 0.1) is 6.20 Å². The monoisotopic (exact) mass is 282 g/mol. The van der Waals surface area contributed by atoms with E-state index >= 15 is 0 Å². The lowest BCUT2D eigenvalue weighted by atomic mass is 10.2. The van der Waals surface area contributed by atoms with Crippen LogP contribution in [0.4, 0.5) is 11.4 Å². The molecule has 1 saturated carbocycles. The number of aromatic nitrogens is 2. The number of nitrogens with one attached hydrogen (secondary N) is 2. The molecule has 1 aliphatic rings. The zero-order valence-electron chi connectivity index (χ0n) is 11.2. The van der Waals surface area contributed by atoms with E-state index in [-0.39, 0.29) is 23.4 Å². The first-order valence-electron chi connectivity index (χ1n) is 6.70. The highest BCUT2D eigenvalue weighted by Crippen LogP contribution is 2.30. The Bertz CT molecular complexity index is 668. The summed E-state index contributed by atoms with van der Waals surface area (Å²) in [4.78, 5) is 31.5. The minimum absolute atomic E-state index is 0.0346. The standard InChI is InChI=1S/C15H14N4O2/c20-14(10-4-5-10)18-11-2-1-3-12(8-11)19-15(21)13-9-16-6-7-17-13/h1-3,6-10H,4-5H2,(H,18,20)(H,19,21). The average molecular weight is 282 g/mol. The molecule has 1 aromatic carbocycles. The van der Waals surface area contributed by atoms with Gasteiger partial charge in [-0.2, -0.15) is 0 Å². The van der Waals surface area contributed by atoms with E-state index in [2.05, 4.69) is 20.6 Å². The van der Waals surface area contributed by atoms with Crippen LogP contribution < -0.4 is 10.6 Å². The van der Waals surface area contributed by atoms with Crippen molar-refractivity contribution in [3.05, 3.63) is 48.5 Å². The fourth-order valence-corrected chi connectivity index (χ4v) is 1.88. The van der Waals surface area contributed by atoms with Gasteiger partial charge in [-0.3, -0.25) is 14.6 Å². The Labute approximate surface area is 121 Å². The zero-order valence-corrected chi connectivity index (χ0v) is 11.2. The molecule has 0 saturated heterocycles. The van der Waals surface area contributed by atoms with Crippen LogP contribution in [0.1, 0.15) is 23.3 Å². The quantitative estimate of drug-likeness (QED) is 0.899. The number of nitrogens with zero attached hydrogens (tertiary/aromatic N) is 2. The van der Waals surface area contributed by atoms with E-state index in [1.807, 2.05) is 0 Å². The molecule has 0 unspecified atom stereocenters. The molecule has 3 rings (SSSR count). The van der Waals surface area contributed by atoms with Gasteiger partial charge in [-0.25, -0.2) is 4.98 Å². The molecule has 6 heteroatoms. The third-order valence-corrected chi connectivity index (χ3v) is 3.13. The number of amides is 2. The van der Waals surface area contributed by atoms with Crippen molar-refractivity contribution in [2.45, 2.75) is 12.8 Å². The Morgan fingerprint density at radius 3 is 2.52 bits per heavy atom. The normalized spacial score (nSPS) is 13.5. The molecule has 0 atom stereocenters. The highest BCUT2D eigenvalue weighted by atomic mass is 16.2. The van der Waals surface area contributed by atoms with Crippen molar-refractivity contribution in [2.75, 3.05) is 10.6 Å². The molecule has 106 valence electrons. The number of hydrogen-bond donors (Lipinski definition) is 2. The van der Waals surface area contributed by atoms with Crippen molar-refractivity contribution in [3.8, 4) is 0 Å². The van der Waals surface area contributed by atoms with E-state index in [4.69, 9.17) is 0 Å². The van der Waals surface area contributed by atoms with Gasteiger partial charge < -0.3 is 10.6 Å². The molecular formula is C15H14N4O2. The van der Waals surface area contributed by atoms with Crippen LogP contribution in [-0.4, -0.2) is 21.8 Å². The van der Waals surface area contributed by atoms with E-state index in [1.165, 1.54) is 18.6 Å². The SMILES string of the molecule is O=C(Nc1cccc(NC(=O)C2CC2)c1)c1cnccn1. The number of anilines is 2. The molecule has 1 aliphatic carbocycles. The van der Waals surface area contributed by atoms with Crippen LogP contribution in [0.15, 0.2) is 42.9 Å². The minimum atomic E-state index is -0.339. The number of carbonyl (C=O) groups excluding carboxylic acids is 2. The molecule has 21 heavy (non-hydrogen) atoms. The van der Waals surface area contributed by atoms with Gasteiger partial charge in [0.2, 0.25) is 5.91 Å². The van der Waals surface area contributed by atoms with Crippen molar-refractivity contribution >= 4 is 23.2 Å². The van der Waals surface area contributed by atoms with Crippen molar-refractivity contribution < 1.29 is 9.59 Å². The first-order valence-corrected chi connectivity index (χ1v) is 6.70. The molecule has 1 fully saturated rings. The van der Waals surface area contributed by atoms with E-state index in [1.54, 1.807) is 24.3 Å². The van der Waals surface area contributed by atoms with Gasteiger partial charge in [0.25, 0.3) is 5.91 Å². The Balaban J connectivity index is 1.68. The predicted molar refractivity (Wildman–Crippen MR) is 77.8 cm³/mol. The molecule has 2 N–H and O–H groups in total. The summed E-state index contributed by atoms with van der Waals surface area (Å²) in [6.45, 7) is 0. The molecule has 0 spiro atoms.